The predicted octanol–water partition coefficient (Wildman–Crippen LogP) is 7.16. The minimum Gasteiger partial charge on any atom is -0.292 e. The lowest BCUT2D eigenvalue weighted by Gasteiger charge is -2.10. The molecule has 4 nitrogen and oxygen atoms in total. The number of nitrogens with zero attached hydrogens (tertiary/aromatic N) is 4. The first-order chi connectivity index (χ1) is 16.8. The maximum Gasteiger partial charge on any atom is 0.145 e. The second-order valence-electron chi connectivity index (χ2n) is 8.47. The van der Waals surface area contributed by atoms with Crippen molar-refractivity contribution in [3.05, 3.63) is 121 Å². The number of para-hydroxylation sites is 2. The van der Waals surface area contributed by atoms with Gasteiger partial charge in [0, 0.05) is 28.4 Å². The van der Waals surface area contributed by atoms with E-state index in [2.05, 4.69) is 114 Å². The first-order valence-electron chi connectivity index (χ1n) is 11.4. The van der Waals surface area contributed by atoms with E-state index in [0.717, 1.165) is 44.9 Å². The topological polar surface area (TPSA) is 35.1 Å². The van der Waals surface area contributed by atoms with Gasteiger partial charge in [0.05, 0.1) is 22.2 Å². The highest BCUT2D eigenvalue weighted by Gasteiger charge is 2.14. The van der Waals surface area contributed by atoms with E-state index in [1.165, 1.54) is 10.8 Å². The molecule has 3 heterocycles. The molecular formula is C30H20N4. The first-order valence-corrected chi connectivity index (χ1v) is 11.4. The fourth-order valence-corrected chi connectivity index (χ4v) is 4.66. The van der Waals surface area contributed by atoms with Crippen molar-refractivity contribution < 1.29 is 0 Å². The third-order valence-electron chi connectivity index (χ3n) is 6.34. The number of fused-ring (bicyclic) bond motifs is 3. The van der Waals surface area contributed by atoms with Gasteiger partial charge in [0.15, 0.2) is 0 Å². The van der Waals surface area contributed by atoms with Crippen LogP contribution in [0.25, 0.3) is 55.7 Å². The lowest BCUT2D eigenvalue weighted by Crippen LogP contribution is -1.97. The van der Waals surface area contributed by atoms with E-state index in [1.807, 2.05) is 16.6 Å². The van der Waals surface area contributed by atoms with Crippen LogP contribution >= 0.6 is 0 Å². The Balaban J connectivity index is 1.34. The van der Waals surface area contributed by atoms with Crippen molar-refractivity contribution in [2.45, 2.75) is 0 Å². The number of imidazole rings is 1. The molecule has 0 aliphatic heterocycles. The summed E-state index contributed by atoms with van der Waals surface area (Å²) in [6, 6.07) is 39.9. The number of hydrogen-bond donors (Lipinski definition) is 0. The summed E-state index contributed by atoms with van der Waals surface area (Å²) in [6.45, 7) is 0. The zero-order valence-corrected chi connectivity index (χ0v) is 18.3. The van der Waals surface area contributed by atoms with Crippen LogP contribution < -0.4 is 0 Å². The molecule has 0 N–H and O–H groups in total. The van der Waals surface area contributed by atoms with Crippen LogP contribution in [-0.2, 0) is 0 Å². The fraction of sp³-hybridized carbons (Fsp3) is 0. The molecule has 0 atom stereocenters. The van der Waals surface area contributed by atoms with E-state index in [0.29, 0.717) is 0 Å². The monoisotopic (exact) mass is 436 g/mol. The molecule has 4 heteroatoms. The van der Waals surface area contributed by atoms with E-state index in [1.54, 1.807) is 0 Å². The quantitative estimate of drug-likeness (QED) is 0.295. The molecule has 0 unspecified atom stereocenters. The molecule has 34 heavy (non-hydrogen) atoms. The van der Waals surface area contributed by atoms with Crippen molar-refractivity contribution in [2.24, 2.45) is 0 Å². The van der Waals surface area contributed by atoms with Gasteiger partial charge in [0.2, 0.25) is 0 Å². The van der Waals surface area contributed by atoms with Gasteiger partial charge in [0.25, 0.3) is 0 Å². The van der Waals surface area contributed by atoms with Gasteiger partial charge in [-0.15, -0.1) is 0 Å². The van der Waals surface area contributed by atoms with Gasteiger partial charge in [-0.1, -0.05) is 78.9 Å². The second kappa shape index (κ2) is 7.42. The molecular weight excluding hydrogens is 416 g/mol. The van der Waals surface area contributed by atoms with Crippen LogP contribution in [0.4, 0.5) is 0 Å². The summed E-state index contributed by atoms with van der Waals surface area (Å²) in [4.78, 5) is 4.94. The minimum absolute atomic E-state index is 0.939. The fourth-order valence-electron chi connectivity index (χ4n) is 4.66. The Kier molecular flexibility index (Phi) is 4.11. The molecule has 4 aromatic carbocycles. The maximum absolute atomic E-state index is 4.94. The summed E-state index contributed by atoms with van der Waals surface area (Å²) in [5, 5.41) is 7.24. The molecule has 0 saturated carbocycles. The van der Waals surface area contributed by atoms with Crippen molar-refractivity contribution >= 4 is 27.3 Å². The average Bonchev–Trinajstić information content (AvgIpc) is 3.49. The van der Waals surface area contributed by atoms with Gasteiger partial charge < -0.3 is 0 Å². The lowest BCUT2D eigenvalue weighted by molar-refractivity contribution is 0.974. The Morgan fingerprint density at radius 2 is 1.32 bits per heavy atom. The largest absolute Gasteiger partial charge is 0.292 e. The molecule has 0 saturated heterocycles. The van der Waals surface area contributed by atoms with Crippen molar-refractivity contribution in [3.63, 3.8) is 0 Å². The van der Waals surface area contributed by atoms with Crippen LogP contribution in [-0.4, -0.2) is 19.2 Å². The van der Waals surface area contributed by atoms with Gasteiger partial charge in [0.1, 0.15) is 5.82 Å². The first kappa shape index (κ1) is 18.8. The summed E-state index contributed by atoms with van der Waals surface area (Å²) in [5.41, 5.74) is 7.37. The lowest BCUT2D eigenvalue weighted by atomic mass is 10.1. The molecule has 0 bridgehead atoms. The van der Waals surface area contributed by atoms with E-state index >= 15 is 0 Å². The summed E-state index contributed by atoms with van der Waals surface area (Å²) < 4.78 is 4.19. The molecule has 160 valence electrons. The number of aromatic nitrogens is 4. The molecule has 3 aromatic heterocycles. The highest BCUT2D eigenvalue weighted by Crippen LogP contribution is 2.30. The molecule has 0 fully saturated rings. The third kappa shape index (κ3) is 3.00. The number of benzene rings is 4. The molecule has 0 aliphatic rings. The standard InChI is InChI=1S/C30H20N4/c1-2-8-22(9-3-1)30-31-27-12-6-7-13-29(27)34(30)25-16-14-21(15-17-25)28-19-26-18-23-10-4-5-11-24(23)20-33(26)32-28/h1-20H. The maximum atomic E-state index is 4.94. The molecule has 0 spiro atoms. The van der Waals surface area contributed by atoms with Crippen LogP contribution in [0.2, 0.25) is 0 Å². The Labute approximate surface area is 196 Å². The number of pyridine rings is 1. The van der Waals surface area contributed by atoms with Crippen molar-refractivity contribution in [1.82, 2.24) is 19.2 Å². The van der Waals surface area contributed by atoms with Gasteiger partial charge in [-0.3, -0.25) is 4.57 Å². The number of rotatable bonds is 3. The van der Waals surface area contributed by atoms with E-state index < -0.39 is 0 Å². The summed E-state index contributed by atoms with van der Waals surface area (Å²) >= 11 is 0. The average molecular weight is 437 g/mol. The molecule has 0 radical (unpaired) electrons. The van der Waals surface area contributed by atoms with Crippen molar-refractivity contribution in [1.29, 1.82) is 0 Å². The minimum atomic E-state index is 0.939. The Morgan fingerprint density at radius 1 is 0.588 bits per heavy atom. The molecule has 0 amide bonds. The Hall–Kier alpha value is -4.70. The van der Waals surface area contributed by atoms with E-state index in [-0.39, 0.29) is 0 Å². The number of hydrogen-bond acceptors (Lipinski definition) is 2. The third-order valence-corrected chi connectivity index (χ3v) is 6.34. The second-order valence-corrected chi connectivity index (χ2v) is 8.47. The van der Waals surface area contributed by atoms with Gasteiger partial charge >= 0.3 is 0 Å². The van der Waals surface area contributed by atoms with Crippen LogP contribution in [0.15, 0.2) is 121 Å². The smallest absolute Gasteiger partial charge is 0.145 e. The normalized spacial score (nSPS) is 11.5. The van der Waals surface area contributed by atoms with Crippen LogP contribution in [0.3, 0.4) is 0 Å². The van der Waals surface area contributed by atoms with E-state index in [9.17, 15) is 0 Å². The van der Waals surface area contributed by atoms with Crippen molar-refractivity contribution in [2.75, 3.05) is 0 Å². The van der Waals surface area contributed by atoms with Crippen molar-refractivity contribution in [3.8, 4) is 28.3 Å². The molecule has 7 rings (SSSR count). The van der Waals surface area contributed by atoms with Gasteiger partial charge in [-0.2, -0.15) is 5.10 Å². The van der Waals surface area contributed by atoms with Gasteiger partial charge in [-0.25, -0.2) is 9.50 Å². The Morgan fingerprint density at radius 3 is 2.18 bits per heavy atom. The zero-order chi connectivity index (χ0) is 22.5. The summed E-state index contributed by atoms with van der Waals surface area (Å²) in [6.07, 6.45) is 2.09. The van der Waals surface area contributed by atoms with E-state index in [4.69, 9.17) is 10.1 Å². The SMILES string of the molecule is c1ccc(-c2nc3ccccc3n2-c2ccc(-c3cc4cc5ccccc5cn4n3)cc2)cc1. The predicted molar refractivity (Wildman–Crippen MR) is 138 cm³/mol. The van der Waals surface area contributed by atoms with Crippen LogP contribution in [0.1, 0.15) is 0 Å². The highest BCUT2D eigenvalue weighted by molar-refractivity contribution is 5.86. The Bertz CT molecular complexity index is 1740. The zero-order valence-electron chi connectivity index (χ0n) is 18.3. The summed E-state index contributed by atoms with van der Waals surface area (Å²) in [5.74, 6) is 0.939. The highest BCUT2D eigenvalue weighted by atomic mass is 15.2. The molecule has 0 aliphatic carbocycles. The summed E-state index contributed by atoms with van der Waals surface area (Å²) in [7, 11) is 0. The van der Waals surface area contributed by atoms with Crippen LogP contribution in [0.5, 0.6) is 0 Å². The molecule has 7 aromatic rings. The van der Waals surface area contributed by atoms with Gasteiger partial charge in [-0.05, 0) is 41.8 Å². The van der Waals surface area contributed by atoms with Crippen LogP contribution in [0, 0.1) is 0 Å².